The van der Waals surface area contributed by atoms with Crippen molar-refractivity contribution in [2.75, 3.05) is 18.0 Å². The standard InChI is InChI=1S/C21H21Cl2F2N5OS/c1-11-9-29(19-7-17(24)13(5-18(19)25)8-27-28-21(26)32)10-12(2)30(11)20(31)15-4-3-14(22)6-16(15)23/h3-8,11-12H,9-10H2,1-2H3,(H3,26,28,32). The third-order valence-electron chi connectivity index (χ3n) is 5.10. The van der Waals surface area contributed by atoms with Crippen LogP contribution in [-0.2, 0) is 0 Å². The number of nitrogens with one attached hydrogen (secondary N) is 1. The Hall–Kier alpha value is -2.49. The molecule has 170 valence electrons. The number of hydrogen-bond acceptors (Lipinski definition) is 4. The van der Waals surface area contributed by atoms with Gasteiger partial charge in [-0.1, -0.05) is 23.2 Å². The predicted molar refractivity (Wildman–Crippen MR) is 128 cm³/mol. The van der Waals surface area contributed by atoms with Gasteiger partial charge in [-0.3, -0.25) is 10.2 Å². The minimum atomic E-state index is -0.651. The fourth-order valence-corrected chi connectivity index (χ4v) is 4.32. The number of amides is 1. The van der Waals surface area contributed by atoms with Crippen molar-refractivity contribution in [1.82, 2.24) is 10.3 Å². The summed E-state index contributed by atoms with van der Waals surface area (Å²) in [4.78, 5) is 16.5. The van der Waals surface area contributed by atoms with Crippen LogP contribution in [0.3, 0.4) is 0 Å². The summed E-state index contributed by atoms with van der Waals surface area (Å²) in [5.41, 5.74) is 7.94. The van der Waals surface area contributed by atoms with E-state index in [9.17, 15) is 13.6 Å². The predicted octanol–water partition coefficient (Wildman–Crippen LogP) is 4.18. The number of rotatable bonds is 4. The van der Waals surface area contributed by atoms with Crippen molar-refractivity contribution in [1.29, 1.82) is 0 Å². The zero-order valence-electron chi connectivity index (χ0n) is 17.3. The molecule has 11 heteroatoms. The van der Waals surface area contributed by atoms with Gasteiger partial charge in [0.25, 0.3) is 5.91 Å². The number of nitrogens with zero attached hydrogens (tertiary/aromatic N) is 3. The average molecular weight is 500 g/mol. The SMILES string of the molecule is CC1CN(c2cc(F)c(C=NNC(N)=S)cc2F)CC(C)N1C(=O)c1ccc(Cl)cc1Cl. The van der Waals surface area contributed by atoms with Crippen molar-refractivity contribution in [2.24, 2.45) is 10.8 Å². The molecule has 1 amide bonds. The van der Waals surface area contributed by atoms with E-state index in [4.69, 9.17) is 28.9 Å². The van der Waals surface area contributed by atoms with Crippen LogP contribution in [0.1, 0.15) is 29.8 Å². The molecule has 1 saturated heterocycles. The molecular weight excluding hydrogens is 479 g/mol. The monoisotopic (exact) mass is 499 g/mol. The zero-order chi connectivity index (χ0) is 23.6. The summed E-state index contributed by atoms with van der Waals surface area (Å²) in [6.45, 7) is 4.32. The van der Waals surface area contributed by atoms with Gasteiger partial charge in [0.05, 0.1) is 22.5 Å². The number of anilines is 1. The third kappa shape index (κ3) is 5.28. The molecule has 0 spiro atoms. The number of thiocarbonyl (C=S) groups is 1. The van der Waals surface area contributed by atoms with Gasteiger partial charge in [0.2, 0.25) is 0 Å². The molecule has 0 saturated carbocycles. The van der Waals surface area contributed by atoms with E-state index in [1.165, 1.54) is 6.07 Å². The summed E-state index contributed by atoms with van der Waals surface area (Å²) in [6, 6.07) is 6.31. The molecule has 0 aromatic heterocycles. The van der Waals surface area contributed by atoms with E-state index in [-0.39, 0.29) is 39.4 Å². The highest BCUT2D eigenvalue weighted by Gasteiger charge is 2.35. The Bertz CT molecular complexity index is 1070. The van der Waals surface area contributed by atoms with Crippen LogP contribution in [0, 0.1) is 11.6 Å². The number of halogens is 4. The number of nitrogens with two attached hydrogens (primary N) is 1. The molecule has 32 heavy (non-hydrogen) atoms. The van der Waals surface area contributed by atoms with E-state index >= 15 is 0 Å². The molecule has 0 bridgehead atoms. The van der Waals surface area contributed by atoms with Gasteiger partial charge in [0.1, 0.15) is 11.6 Å². The van der Waals surface area contributed by atoms with Crippen molar-refractivity contribution >= 4 is 58.3 Å². The van der Waals surface area contributed by atoms with Crippen molar-refractivity contribution in [2.45, 2.75) is 25.9 Å². The van der Waals surface area contributed by atoms with E-state index in [1.807, 2.05) is 13.8 Å². The van der Waals surface area contributed by atoms with Gasteiger partial charge < -0.3 is 15.5 Å². The lowest BCUT2D eigenvalue weighted by atomic mass is 10.0. The maximum absolute atomic E-state index is 14.8. The highest BCUT2D eigenvalue weighted by molar-refractivity contribution is 7.80. The highest BCUT2D eigenvalue weighted by Crippen LogP contribution is 2.30. The van der Waals surface area contributed by atoms with Gasteiger partial charge in [-0.05, 0) is 50.3 Å². The first-order chi connectivity index (χ1) is 15.1. The quantitative estimate of drug-likeness (QED) is 0.375. The number of benzene rings is 2. The van der Waals surface area contributed by atoms with Gasteiger partial charge in [0.15, 0.2) is 5.11 Å². The fraction of sp³-hybridized carbons (Fsp3) is 0.286. The summed E-state index contributed by atoms with van der Waals surface area (Å²) >= 11 is 16.7. The second-order valence-electron chi connectivity index (χ2n) is 7.50. The minimum Gasteiger partial charge on any atom is -0.375 e. The summed E-state index contributed by atoms with van der Waals surface area (Å²) in [6.07, 6.45) is 1.10. The van der Waals surface area contributed by atoms with Crippen LogP contribution in [0.15, 0.2) is 35.4 Å². The fourth-order valence-electron chi connectivity index (χ4n) is 3.78. The molecule has 6 nitrogen and oxygen atoms in total. The second kappa shape index (κ2) is 9.97. The van der Waals surface area contributed by atoms with E-state index < -0.39 is 11.6 Å². The maximum Gasteiger partial charge on any atom is 0.255 e. The normalized spacial score (nSPS) is 18.8. The van der Waals surface area contributed by atoms with Crippen LogP contribution in [0.2, 0.25) is 10.0 Å². The Labute approximate surface area is 199 Å². The molecule has 1 fully saturated rings. The summed E-state index contributed by atoms with van der Waals surface area (Å²) in [5.74, 6) is -1.50. The van der Waals surface area contributed by atoms with Crippen LogP contribution in [0.5, 0.6) is 0 Å². The van der Waals surface area contributed by atoms with Gasteiger partial charge in [-0.25, -0.2) is 8.78 Å². The lowest BCUT2D eigenvalue weighted by Gasteiger charge is -2.45. The summed E-state index contributed by atoms with van der Waals surface area (Å²) in [5, 5.41) is 4.27. The van der Waals surface area contributed by atoms with E-state index in [0.717, 1.165) is 18.3 Å². The molecule has 1 aliphatic rings. The smallest absolute Gasteiger partial charge is 0.255 e. The lowest BCUT2D eigenvalue weighted by molar-refractivity contribution is 0.0574. The van der Waals surface area contributed by atoms with Crippen LogP contribution in [0.25, 0.3) is 0 Å². The first-order valence-corrected chi connectivity index (χ1v) is 10.8. The average Bonchev–Trinajstić information content (AvgIpc) is 2.69. The topological polar surface area (TPSA) is 74.0 Å². The van der Waals surface area contributed by atoms with E-state index in [1.54, 1.807) is 21.9 Å². The third-order valence-corrected chi connectivity index (χ3v) is 5.74. The van der Waals surface area contributed by atoms with Crippen LogP contribution < -0.4 is 16.1 Å². The lowest BCUT2D eigenvalue weighted by Crippen LogP contribution is -2.59. The van der Waals surface area contributed by atoms with Gasteiger partial charge >= 0.3 is 0 Å². The second-order valence-corrected chi connectivity index (χ2v) is 8.78. The Morgan fingerprint density at radius 3 is 2.44 bits per heavy atom. The maximum atomic E-state index is 14.8. The van der Waals surface area contributed by atoms with Crippen LogP contribution in [-0.4, -0.2) is 47.3 Å². The molecular formula is C21H21Cl2F2N5OS. The molecule has 0 aliphatic carbocycles. The first-order valence-electron chi connectivity index (χ1n) is 9.68. The van der Waals surface area contributed by atoms with Crippen molar-refractivity contribution < 1.29 is 13.6 Å². The molecule has 1 heterocycles. The minimum absolute atomic E-state index is 0.0534. The Kier molecular flexibility index (Phi) is 7.53. The highest BCUT2D eigenvalue weighted by atomic mass is 35.5. The molecule has 2 unspecified atom stereocenters. The first kappa shape index (κ1) is 24.2. The van der Waals surface area contributed by atoms with E-state index in [2.05, 4.69) is 22.7 Å². The number of hydrogen-bond donors (Lipinski definition) is 2. The molecule has 3 rings (SSSR count). The number of hydrazone groups is 1. The number of piperazine rings is 1. The van der Waals surface area contributed by atoms with Crippen LogP contribution >= 0.6 is 35.4 Å². The van der Waals surface area contributed by atoms with Gasteiger partial charge in [0, 0.05) is 41.8 Å². The summed E-state index contributed by atoms with van der Waals surface area (Å²) in [7, 11) is 0. The molecule has 0 radical (unpaired) electrons. The van der Waals surface area contributed by atoms with Crippen molar-refractivity contribution in [3.63, 3.8) is 0 Å². The molecule has 2 aromatic carbocycles. The van der Waals surface area contributed by atoms with Crippen molar-refractivity contribution in [3.8, 4) is 0 Å². The van der Waals surface area contributed by atoms with E-state index in [0.29, 0.717) is 23.7 Å². The van der Waals surface area contributed by atoms with Gasteiger partial charge in [-0.15, -0.1) is 0 Å². The van der Waals surface area contributed by atoms with Crippen LogP contribution in [0.4, 0.5) is 14.5 Å². The molecule has 3 N–H and O–H groups in total. The Balaban J connectivity index is 1.80. The Morgan fingerprint density at radius 1 is 1.19 bits per heavy atom. The Morgan fingerprint density at radius 2 is 1.84 bits per heavy atom. The molecule has 2 atom stereocenters. The largest absolute Gasteiger partial charge is 0.375 e. The molecule has 2 aromatic rings. The summed E-state index contributed by atoms with van der Waals surface area (Å²) < 4.78 is 29.4. The number of carbonyl (C=O) groups excluding carboxylic acids is 1. The molecule has 1 aliphatic heterocycles. The zero-order valence-corrected chi connectivity index (χ0v) is 19.6. The van der Waals surface area contributed by atoms with Crippen molar-refractivity contribution in [3.05, 3.63) is 63.1 Å². The number of carbonyl (C=O) groups is 1. The van der Waals surface area contributed by atoms with Gasteiger partial charge in [-0.2, -0.15) is 5.10 Å².